The molecule has 0 bridgehead atoms. The smallest absolute Gasteiger partial charge is 0.0643 e. The molecular weight excluding hydrogens is 447 g/mol. The summed E-state index contributed by atoms with van der Waals surface area (Å²) in [7, 11) is 0. The first kappa shape index (κ1) is 30.1. The van der Waals surface area contributed by atoms with E-state index in [0.717, 1.165) is 0 Å². The minimum atomic E-state index is -1.55. The zero-order valence-electron chi connectivity index (χ0n) is 16.4. The van der Waals surface area contributed by atoms with Crippen molar-refractivity contribution in [2.75, 3.05) is 13.2 Å². The van der Waals surface area contributed by atoms with Crippen LogP contribution in [0.25, 0.3) is 0 Å². The summed E-state index contributed by atoms with van der Waals surface area (Å²) in [5.41, 5.74) is 0. The van der Waals surface area contributed by atoms with E-state index in [1.54, 1.807) is 22.7 Å². The third-order valence-electron chi connectivity index (χ3n) is 2.65. The molecule has 26 heavy (non-hydrogen) atoms. The van der Waals surface area contributed by atoms with Crippen LogP contribution in [0, 0.1) is 0 Å². The van der Waals surface area contributed by atoms with Gasteiger partial charge >= 0.3 is 69.5 Å². The summed E-state index contributed by atoms with van der Waals surface area (Å²) in [4.78, 5) is 18.8. The van der Waals surface area contributed by atoms with E-state index in [-0.39, 0.29) is 33.9 Å². The maximum absolute atomic E-state index is 9.41. The summed E-state index contributed by atoms with van der Waals surface area (Å²) in [5, 5.41) is 36.0. The fourth-order valence-corrected chi connectivity index (χ4v) is 5.38. The molecule has 0 aromatic carbocycles. The monoisotopic (exact) mass is 482 g/mol. The van der Waals surface area contributed by atoms with Gasteiger partial charge in [-0.1, -0.05) is 0 Å². The number of rotatable bonds is 12. The Labute approximate surface area is 167 Å². The van der Waals surface area contributed by atoms with Gasteiger partial charge in [0.1, 0.15) is 0 Å². The van der Waals surface area contributed by atoms with Crippen molar-refractivity contribution < 1.29 is 34.8 Å². The van der Waals surface area contributed by atoms with Crippen molar-refractivity contribution in [3.8, 4) is 0 Å². The molecule has 0 rings (SSSR count). The Balaban J connectivity index is -0.000000306. The zero-order chi connectivity index (χ0) is 20.8. The Morgan fingerprint density at radius 2 is 1.46 bits per heavy atom. The van der Waals surface area contributed by atoms with Crippen LogP contribution in [0.3, 0.4) is 0 Å². The van der Waals surface area contributed by atoms with Crippen LogP contribution in [-0.2, 0) is 14.3 Å². The Morgan fingerprint density at radius 1 is 1.04 bits per heavy atom. The van der Waals surface area contributed by atoms with Crippen molar-refractivity contribution in [1.82, 2.24) is 0 Å². The standard InChI is InChI=1S/C6H14O3.C4H4O4.2C4H9.Sn/c1-5(8)4-9-6(2)3-7;5-3(6)1-2-4(7)8;2*1-3-4-2;/h5-8H,3-4H2,1-2H3;1-2H,(H,5,6)(H,7,8);2*1,3-4H2,2H3;/q;;;;+2/p-2. The number of carbonyl (C=O) groups is 2. The fourth-order valence-electron chi connectivity index (χ4n) is 1.22. The van der Waals surface area contributed by atoms with Crippen molar-refractivity contribution in [2.24, 2.45) is 0 Å². The van der Waals surface area contributed by atoms with Gasteiger partial charge in [0.15, 0.2) is 0 Å². The maximum Gasteiger partial charge on any atom is 0.0643 e. The molecule has 0 heterocycles. The van der Waals surface area contributed by atoms with Gasteiger partial charge in [-0.2, -0.15) is 0 Å². The van der Waals surface area contributed by atoms with Gasteiger partial charge in [-0.3, -0.25) is 0 Å². The second kappa shape index (κ2) is 24.4. The van der Waals surface area contributed by atoms with Gasteiger partial charge in [0.25, 0.3) is 0 Å². The van der Waals surface area contributed by atoms with E-state index in [1.807, 2.05) is 0 Å². The van der Waals surface area contributed by atoms with E-state index in [0.29, 0.717) is 18.8 Å². The predicted octanol–water partition coefficient (Wildman–Crippen LogP) is -0.0656. The van der Waals surface area contributed by atoms with Crippen molar-refractivity contribution in [1.29, 1.82) is 0 Å². The third kappa shape index (κ3) is 38.8. The maximum atomic E-state index is 9.41. The minimum absolute atomic E-state index is 0.00667. The topological polar surface area (TPSA) is 130 Å². The van der Waals surface area contributed by atoms with E-state index in [2.05, 4.69) is 13.8 Å². The van der Waals surface area contributed by atoms with E-state index in [9.17, 15) is 19.8 Å². The summed E-state index contributed by atoms with van der Waals surface area (Å²) in [6, 6.07) is 0. The molecule has 2 unspecified atom stereocenters. The third-order valence-corrected chi connectivity index (χ3v) is 6.69. The number of ether oxygens (including phenoxy) is 1. The van der Waals surface area contributed by atoms with Crippen LogP contribution in [0.4, 0.5) is 0 Å². The molecule has 7 nitrogen and oxygen atoms in total. The largest absolute Gasteiger partial charge is 0.545 e. The van der Waals surface area contributed by atoms with Crippen LogP contribution in [0.5, 0.6) is 0 Å². The molecule has 0 radical (unpaired) electrons. The van der Waals surface area contributed by atoms with Crippen molar-refractivity contribution in [2.45, 2.75) is 74.5 Å². The number of carbonyl (C=O) groups excluding carboxylic acids is 2. The molecular formula is C18H34O7Sn. The fraction of sp³-hybridized carbons (Fsp3) is 0.778. The zero-order valence-corrected chi connectivity index (χ0v) is 19.3. The predicted molar refractivity (Wildman–Crippen MR) is 98.5 cm³/mol. The summed E-state index contributed by atoms with van der Waals surface area (Å²) < 4.78 is 8.20. The first-order valence-corrected chi connectivity index (χ1v) is 13.0. The molecule has 0 aromatic rings. The molecule has 8 heteroatoms. The Bertz CT molecular complexity index is 324. The summed E-state index contributed by atoms with van der Waals surface area (Å²) in [6.07, 6.45) is 6.00. The van der Waals surface area contributed by atoms with Gasteiger partial charge < -0.3 is 34.8 Å². The van der Waals surface area contributed by atoms with Gasteiger partial charge in [-0.05, 0) is 26.0 Å². The second-order valence-electron chi connectivity index (χ2n) is 5.60. The molecule has 0 amide bonds. The molecule has 2 N–H and O–H groups in total. The number of hydrogen-bond donors (Lipinski definition) is 2. The van der Waals surface area contributed by atoms with Gasteiger partial charge in [0, 0.05) is 0 Å². The average Bonchev–Trinajstić information content (AvgIpc) is 2.59. The normalized spacial score (nSPS) is 12.1. The van der Waals surface area contributed by atoms with E-state index < -0.39 is 18.0 Å². The van der Waals surface area contributed by atoms with Gasteiger partial charge in [0.2, 0.25) is 0 Å². The quantitative estimate of drug-likeness (QED) is 0.227. The number of aliphatic hydroxyl groups is 2. The Hall–Kier alpha value is -0.641. The molecule has 0 spiro atoms. The molecule has 0 aromatic heterocycles. The number of carboxylic acids is 2. The Kier molecular flexibility index (Phi) is 28.2. The van der Waals surface area contributed by atoms with Crippen molar-refractivity contribution in [3.63, 3.8) is 0 Å². The number of aliphatic carboxylic acids is 2. The summed E-state index contributed by atoms with van der Waals surface area (Å²) in [5.74, 6) is -3.09. The van der Waals surface area contributed by atoms with Crippen molar-refractivity contribution >= 4 is 33.1 Å². The first-order valence-electron chi connectivity index (χ1n) is 8.92. The van der Waals surface area contributed by atoms with Crippen molar-refractivity contribution in [3.05, 3.63) is 12.2 Å². The van der Waals surface area contributed by atoms with Crippen LogP contribution in [-0.4, -0.2) is 68.7 Å². The minimum Gasteiger partial charge on any atom is -0.545 e. The van der Waals surface area contributed by atoms with Crippen LogP contribution in [0.1, 0.15) is 53.4 Å². The average molecular weight is 481 g/mol. The van der Waals surface area contributed by atoms with E-state index in [4.69, 9.17) is 14.9 Å². The molecule has 2 atom stereocenters. The van der Waals surface area contributed by atoms with Gasteiger partial charge in [-0.25, -0.2) is 0 Å². The molecule has 0 saturated carbocycles. The van der Waals surface area contributed by atoms with Crippen LogP contribution >= 0.6 is 0 Å². The first-order chi connectivity index (χ1) is 12.2. The molecule has 0 aliphatic carbocycles. The molecule has 0 fully saturated rings. The number of carboxylic acid groups (broad SMARTS) is 2. The SMILES string of the molecule is CC(O)COC(C)CO.CCC[CH2][Sn+2][CH2]CCC.O=C([O-])C=CC(=O)[O-]. The molecule has 0 aliphatic heterocycles. The second-order valence-corrected chi connectivity index (χ2v) is 9.89. The van der Waals surface area contributed by atoms with E-state index >= 15 is 0 Å². The van der Waals surface area contributed by atoms with E-state index in [1.165, 1.54) is 25.7 Å². The summed E-state index contributed by atoms with van der Waals surface area (Å²) in [6.45, 7) is 8.28. The summed E-state index contributed by atoms with van der Waals surface area (Å²) >= 11 is 0.149. The molecule has 0 saturated heterocycles. The van der Waals surface area contributed by atoms with Crippen LogP contribution in [0.15, 0.2) is 12.2 Å². The van der Waals surface area contributed by atoms with Crippen LogP contribution < -0.4 is 10.2 Å². The number of aliphatic hydroxyl groups excluding tert-OH is 2. The van der Waals surface area contributed by atoms with Gasteiger partial charge in [0.05, 0.1) is 37.4 Å². The Morgan fingerprint density at radius 3 is 1.73 bits per heavy atom. The number of unbranched alkanes of at least 4 members (excludes halogenated alkanes) is 2. The van der Waals surface area contributed by atoms with Gasteiger partial charge in [-0.15, -0.1) is 0 Å². The molecule has 152 valence electrons. The number of hydrogen-bond acceptors (Lipinski definition) is 7. The van der Waals surface area contributed by atoms with Crippen LogP contribution in [0.2, 0.25) is 8.87 Å². The molecule has 0 aliphatic rings.